The van der Waals surface area contributed by atoms with Crippen molar-refractivity contribution in [1.82, 2.24) is 4.98 Å². The number of nitrogens with two attached hydrogens (primary N) is 1. The third kappa shape index (κ3) is 2.89. The van der Waals surface area contributed by atoms with Gasteiger partial charge in [0.05, 0.1) is 5.69 Å². The Morgan fingerprint density at radius 1 is 1.18 bits per heavy atom. The summed E-state index contributed by atoms with van der Waals surface area (Å²) >= 11 is 0. The van der Waals surface area contributed by atoms with E-state index in [4.69, 9.17) is 5.14 Å². The van der Waals surface area contributed by atoms with Gasteiger partial charge in [-0.05, 0) is 42.5 Å². The quantitative estimate of drug-likeness (QED) is 0.944. The zero-order chi connectivity index (χ0) is 15.7. The van der Waals surface area contributed by atoms with Crippen LogP contribution >= 0.6 is 0 Å². The van der Waals surface area contributed by atoms with Crippen molar-refractivity contribution in [2.75, 3.05) is 0 Å². The van der Waals surface area contributed by atoms with Crippen LogP contribution in [0.25, 0.3) is 11.3 Å². The first-order chi connectivity index (χ1) is 10.5. The van der Waals surface area contributed by atoms with E-state index >= 15 is 0 Å². The van der Waals surface area contributed by atoms with Crippen molar-refractivity contribution in [2.45, 2.75) is 36.5 Å². The Kier molecular flexibility index (Phi) is 3.97. The highest BCUT2D eigenvalue weighted by atomic mass is 32.2. The number of aromatic nitrogens is 1. The van der Waals surface area contributed by atoms with Crippen molar-refractivity contribution in [2.24, 2.45) is 5.14 Å². The molecular formula is C16H17FN2O2S. The van der Waals surface area contributed by atoms with Crippen LogP contribution in [0, 0.1) is 5.82 Å². The van der Waals surface area contributed by atoms with E-state index in [1.165, 1.54) is 25.0 Å². The number of benzene rings is 1. The molecule has 1 saturated carbocycles. The second-order valence-electron chi connectivity index (χ2n) is 5.61. The minimum atomic E-state index is -4.05. The van der Waals surface area contributed by atoms with Gasteiger partial charge in [0.2, 0.25) is 10.0 Å². The average molecular weight is 320 g/mol. The van der Waals surface area contributed by atoms with Crippen LogP contribution in [-0.2, 0) is 10.0 Å². The first-order valence-corrected chi connectivity index (χ1v) is 8.79. The van der Waals surface area contributed by atoms with Gasteiger partial charge in [-0.25, -0.2) is 17.9 Å². The molecule has 2 aromatic rings. The van der Waals surface area contributed by atoms with Gasteiger partial charge >= 0.3 is 0 Å². The summed E-state index contributed by atoms with van der Waals surface area (Å²) < 4.78 is 36.7. The highest BCUT2D eigenvalue weighted by molar-refractivity contribution is 7.89. The molecule has 0 radical (unpaired) electrons. The molecule has 4 nitrogen and oxygen atoms in total. The number of sulfonamides is 1. The van der Waals surface area contributed by atoms with Crippen molar-refractivity contribution >= 4 is 10.0 Å². The third-order valence-corrected chi connectivity index (χ3v) is 5.09. The summed E-state index contributed by atoms with van der Waals surface area (Å²) in [5.74, 6) is -0.410. The largest absolute Gasteiger partial charge is 0.256 e. The summed E-state index contributed by atoms with van der Waals surface area (Å²) in [4.78, 5) is 3.89. The molecule has 1 aromatic heterocycles. The zero-order valence-corrected chi connectivity index (χ0v) is 12.8. The predicted molar refractivity (Wildman–Crippen MR) is 82.2 cm³/mol. The number of primary sulfonamides is 1. The average Bonchev–Trinajstić information content (AvgIpc) is 3.00. The van der Waals surface area contributed by atoms with Gasteiger partial charge in [-0.3, -0.25) is 4.98 Å². The summed E-state index contributed by atoms with van der Waals surface area (Å²) in [5.41, 5.74) is 2.39. The minimum absolute atomic E-state index is 0.435. The molecule has 0 atom stereocenters. The van der Waals surface area contributed by atoms with Crippen molar-refractivity contribution in [3.8, 4) is 11.3 Å². The smallest absolute Gasteiger partial charge is 0.240 e. The van der Waals surface area contributed by atoms with Gasteiger partial charge in [-0.2, -0.15) is 0 Å². The third-order valence-electron chi connectivity index (χ3n) is 4.15. The Morgan fingerprint density at radius 3 is 2.55 bits per heavy atom. The lowest BCUT2D eigenvalue weighted by Crippen LogP contribution is -2.14. The van der Waals surface area contributed by atoms with Gasteiger partial charge in [-0.15, -0.1) is 0 Å². The van der Waals surface area contributed by atoms with E-state index in [9.17, 15) is 12.8 Å². The lowest BCUT2D eigenvalue weighted by molar-refractivity contribution is 0.568. The zero-order valence-electron chi connectivity index (χ0n) is 12.0. The summed E-state index contributed by atoms with van der Waals surface area (Å²) in [6, 6.07) is 7.85. The molecule has 6 heteroatoms. The fraction of sp³-hybridized carbons (Fsp3) is 0.312. The molecule has 1 heterocycles. The number of hydrogen-bond acceptors (Lipinski definition) is 3. The molecule has 0 unspecified atom stereocenters. The fourth-order valence-corrected chi connectivity index (χ4v) is 3.69. The topological polar surface area (TPSA) is 73.1 Å². The maximum absolute atomic E-state index is 14.1. The number of hydrogen-bond donors (Lipinski definition) is 1. The Hall–Kier alpha value is -1.79. The van der Waals surface area contributed by atoms with Crippen molar-refractivity contribution in [1.29, 1.82) is 0 Å². The summed E-state index contributed by atoms with van der Waals surface area (Å²) in [6.45, 7) is 0. The maximum atomic E-state index is 14.1. The van der Waals surface area contributed by atoms with E-state index in [0.29, 0.717) is 17.2 Å². The van der Waals surface area contributed by atoms with Gasteiger partial charge in [0.15, 0.2) is 0 Å². The Bertz CT molecular complexity index is 800. The van der Waals surface area contributed by atoms with E-state index in [1.54, 1.807) is 12.3 Å². The SMILES string of the molecule is NS(=O)(=O)c1ccc(-c2ncccc2C2CCCC2)cc1F. The molecule has 2 N–H and O–H groups in total. The van der Waals surface area contributed by atoms with Crippen LogP contribution in [0.3, 0.4) is 0 Å². The Balaban J connectivity index is 2.07. The van der Waals surface area contributed by atoms with Crippen LogP contribution < -0.4 is 5.14 Å². The fourth-order valence-electron chi connectivity index (χ4n) is 3.10. The number of nitrogens with zero attached hydrogens (tertiary/aromatic N) is 1. The van der Waals surface area contributed by atoms with Gasteiger partial charge in [-0.1, -0.05) is 25.0 Å². The van der Waals surface area contributed by atoms with Crippen LogP contribution in [0.4, 0.5) is 4.39 Å². The summed E-state index contributed by atoms with van der Waals surface area (Å²) in [6.07, 6.45) is 6.27. The molecule has 116 valence electrons. The van der Waals surface area contributed by atoms with Crippen LogP contribution in [-0.4, -0.2) is 13.4 Å². The molecular weight excluding hydrogens is 303 g/mol. The predicted octanol–water partition coefficient (Wildman–Crippen LogP) is 3.19. The van der Waals surface area contributed by atoms with E-state index in [-0.39, 0.29) is 0 Å². The number of halogens is 1. The molecule has 0 saturated heterocycles. The van der Waals surface area contributed by atoms with Gasteiger partial charge in [0, 0.05) is 11.8 Å². The molecule has 22 heavy (non-hydrogen) atoms. The van der Waals surface area contributed by atoms with Crippen molar-refractivity contribution in [3.05, 3.63) is 47.9 Å². The van der Waals surface area contributed by atoms with E-state index in [0.717, 1.165) is 18.4 Å². The molecule has 0 bridgehead atoms. The van der Waals surface area contributed by atoms with Gasteiger partial charge in [0.1, 0.15) is 10.7 Å². The second kappa shape index (κ2) is 5.78. The monoisotopic (exact) mass is 320 g/mol. The highest BCUT2D eigenvalue weighted by Crippen LogP contribution is 2.38. The molecule has 1 aliphatic rings. The standard InChI is InChI=1S/C16H17FN2O2S/c17-14-10-12(7-8-15(14)22(18,20)21)16-13(6-3-9-19-16)11-4-1-2-5-11/h3,6-11H,1-2,4-5H2,(H2,18,20,21). The summed E-state index contributed by atoms with van der Waals surface area (Å²) in [7, 11) is -4.05. The highest BCUT2D eigenvalue weighted by Gasteiger charge is 2.22. The molecule has 1 fully saturated rings. The molecule has 1 aliphatic carbocycles. The lowest BCUT2D eigenvalue weighted by Gasteiger charge is -2.14. The molecule has 0 amide bonds. The van der Waals surface area contributed by atoms with E-state index in [2.05, 4.69) is 4.98 Å². The Labute approximate surface area is 129 Å². The molecule has 1 aromatic carbocycles. The van der Waals surface area contributed by atoms with Crippen molar-refractivity contribution in [3.63, 3.8) is 0 Å². The van der Waals surface area contributed by atoms with Crippen LogP contribution in [0.1, 0.15) is 37.2 Å². The van der Waals surface area contributed by atoms with E-state index < -0.39 is 20.7 Å². The van der Waals surface area contributed by atoms with Gasteiger partial charge in [0.25, 0.3) is 0 Å². The number of pyridine rings is 1. The first-order valence-electron chi connectivity index (χ1n) is 7.24. The van der Waals surface area contributed by atoms with Crippen molar-refractivity contribution < 1.29 is 12.8 Å². The molecule has 0 spiro atoms. The van der Waals surface area contributed by atoms with Crippen LogP contribution in [0.2, 0.25) is 0 Å². The molecule has 0 aliphatic heterocycles. The van der Waals surface area contributed by atoms with Crippen LogP contribution in [0.5, 0.6) is 0 Å². The number of rotatable bonds is 3. The second-order valence-corrected chi connectivity index (χ2v) is 7.14. The Morgan fingerprint density at radius 2 is 1.91 bits per heavy atom. The van der Waals surface area contributed by atoms with Gasteiger partial charge < -0.3 is 0 Å². The minimum Gasteiger partial charge on any atom is -0.256 e. The first kappa shape index (κ1) is 15.1. The molecule has 3 rings (SSSR count). The van der Waals surface area contributed by atoms with E-state index in [1.807, 2.05) is 12.1 Å². The normalized spacial score (nSPS) is 16.1. The summed E-state index contributed by atoms with van der Waals surface area (Å²) in [5, 5.41) is 4.99. The lowest BCUT2D eigenvalue weighted by atomic mass is 9.93. The maximum Gasteiger partial charge on any atom is 0.240 e. The van der Waals surface area contributed by atoms with Crippen LogP contribution in [0.15, 0.2) is 41.4 Å².